The van der Waals surface area contributed by atoms with Crippen molar-refractivity contribution in [2.75, 3.05) is 32.1 Å². The summed E-state index contributed by atoms with van der Waals surface area (Å²) in [5.74, 6) is -0.235. The quantitative estimate of drug-likeness (QED) is 0.328. The van der Waals surface area contributed by atoms with Gasteiger partial charge in [0.25, 0.3) is 0 Å². The SMILES string of the molecule is COc1cc(-c2c(-c3ccncc3)nn3c(-c4ccc(N5C[C@@H]6C[C@H]5CN6C)cc4)ccnc23)ccc1F. The molecule has 2 fully saturated rings. The van der Waals surface area contributed by atoms with Crippen LogP contribution in [0.4, 0.5) is 10.1 Å². The van der Waals surface area contributed by atoms with Gasteiger partial charge in [0.05, 0.1) is 18.4 Å². The number of anilines is 1. The molecule has 0 aliphatic carbocycles. The number of rotatable bonds is 5. The van der Waals surface area contributed by atoms with E-state index in [0.717, 1.165) is 46.7 Å². The third-order valence-corrected chi connectivity index (χ3v) is 7.92. The van der Waals surface area contributed by atoms with Crippen LogP contribution in [0.2, 0.25) is 0 Å². The first-order valence-electron chi connectivity index (χ1n) is 12.8. The number of piperazine rings is 1. The highest BCUT2D eigenvalue weighted by Crippen LogP contribution is 2.38. The van der Waals surface area contributed by atoms with Gasteiger partial charge in [-0.25, -0.2) is 13.9 Å². The van der Waals surface area contributed by atoms with Crippen molar-refractivity contribution in [1.29, 1.82) is 0 Å². The van der Waals surface area contributed by atoms with Crippen molar-refractivity contribution in [2.45, 2.75) is 18.5 Å². The number of methoxy groups -OCH3 is 1. The number of aromatic nitrogens is 4. The van der Waals surface area contributed by atoms with Gasteiger partial charge >= 0.3 is 0 Å². The number of halogens is 1. The van der Waals surface area contributed by atoms with E-state index in [1.807, 2.05) is 22.7 Å². The zero-order valence-corrected chi connectivity index (χ0v) is 21.3. The average Bonchev–Trinajstić information content (AvgIpc) is 3.66. The van der Waals surface area contributed by atoms with E-state index in [2.05, 4.69) is 46.1 Å². The Morgan fingerprint density at radius 3 is 2.37 bits per heavy atom. The molecular formula is C30H27FN6O. The average molecular weight is 507 g/mol. The number of benzene rings is 2. The summed E-state index contributed by atoms with van der Waals surface area (Å²) in [4.78, 5) is 13.9. The van der Waals surface area contributed by atoms with Gasteiger partial charge in [-0.05, 0) is 61.5 Å². The van der Waals surface area contributed by atoms with Crippen molar-refractivity contribution in [1.82, 2.24) is 24.5 Å². The van der Waals surface area contributed by atoms with Crippen molar-refractivity contribution in [2.24, 2.45) is 0 Å². The number of hydrogen-bond acceptors (Lipinski definition) is 6. The number of pyridine rings is 1. The van der Waals surface area contributed by atoms with Gasteiger partial charge < -0.3 is 9.64 Å². The van der Waals surface area contributed by atoms with E-state index in [9.17, 15) is 4.39 Å². The molecule has 190 valence electrons. The van der Waals surface area contributed by atoms with Crippen LogP contribution in [0, 0.1) is 5.82 Å². The van der Waals surface area contributed by atoms with E-state index >= 15 is 0 Å². The van der Waals surface area contributed by atoms with Crippen LogP contribution in [0.3, 0.4) is 0 Å². The fourth-order valence-electron chi connectivity index (χ4n) is 5.96. The van der Waals surface area contributed by atoms with E-state index in [0.29, 0.717) is 17.7 Å². The van der Waals surface area contributed by atoms with Crippen LogP contribution >= 0.6 is 0 Å². The molecule has 5 heterocycles. The minimum atomic E-state index is -0.412. The Morgan fingerprint density at radius 1 is 0.868 bits per heavy atom. The van der Waals surface area contributed by atoms with Gasteiger partial charge in [0.15, 0.2) is 17.2 Å². The van der Waals surface area contributed by atoms with Gasteiger partial charge in [-0.15, -0.1) is 0 Å². The Kier molecular flexibility index (Phi) is 5.37. The first-order chi connectivity index (χ1) is 18.6. The van der Waals surface area contributed by atoms with Gasteiger partial charge in [0.1, 0.15) is 5.69 Å². The molecule has 0 unspecified atom stereocenters. The van der Waals surface area contributed by atoms with E-state index in [1.165, 1.54) is 25.3 Å². The molecule has 7 rings (SSSR count). The maximum absolute atomic E-state index is 14.3. The molecule has 2 saturated heterocycles. The second-order valence-electron chi connectivity index (χ2n) is 10.1. The minimum Gasteiger partial charge on any atom is -0.494 e. The number of hydrogen-bond donors (Lipinski definition) is 0. The van der Waals surface area contributed by atoms with Crippen LogP contribution in [0.15, 0.2) is 79.3 Å². The molecule has 38 heavy (non-hydrogen) atoms. The first kappa shape index (κ1) is 22.9. The highest BCUT2D eigenvalue weighted by molar-refractivity contribution is 5.91. The number of fused-ring (bicyclic) bond motifs is 3. The highest BCUT2D eigenvalue weighted by atomic mass is 19.1. The molecule has 2 aliphatic rings. The summed E-state index contributed by atoms with van der Waals surface area (Å²) in [6.07, 6.45) is 6.52. The van der Waals surface area contributed by atoms with Crippen molar-refractivity contribution in [3.63, 3.8) is 0 Å². The highest BCUT2D eigenvalue weighted by Gasteiger charge is 2.41. The molecular weight excluding hydrogens is 479 g/mol. The predicted molar refractivity (Wildman–Crippen MR) is 146 cm³/mol. The van der Waals surface area contributed by atoms with E-state index < -0.39 is 5.82 Å². The lowest BCUT2D eigenvalue weighted by atomic mass is 10.0. The summed E-state index contributed by atoms with van der Waals surface area (Å²) >= 11 is 0. The van der Waals surface area contributed by atoms with Crippen molar-refractivity contribution in [3.8, 4) is 39.4 Å². The van der Waals surface area contributed by atoms with Gasteiger partial charge in [0.2, 0.25) is 0 Å². The summed E-state index contributed by atoms with van der Waals surface area (Å²) in [6.45, 7) is 2.21. The van der Waals surface area contributed by atoms with E-state index in [-0.39, 0.29) is 5.75 Å². The van der Waals surface area contributed by atoms with E-state index in [1.54, 1.807) is 30.7 Å². The van der Waals surface area contributed by atoms with Gasteiger partial charge in [-0.1, -0.05) is 18.2 Å². The van der Waals surface area contributed by atoms with Gasteiger partial charge in [-0.2, -0.15) is 5.10 Å². The van der Waals surface area contributed by atoms with Crippen LogP contribution in [0.5, 0.6) is 5.75 Å². The molecule has 2 atom stereocenters. The van der Waals surface area contributed by atoms with Crippen molar-refractivity contribution < 1.29 is 9.13 Å². The van der Waals surface area contributed by atoms with Crippen molar-refractivity contribution in [3.05, 3.63) is 85.1 Å². The van der Waals surface area contributed by atoms with Crippen LogP contribution < -0.4 is 9.64 Å². The molecule has 2 aliphatic heterocycles. The zero-order chi connectivity index (χ0) is 25.8. The lowest BCUT2D eigenvalue weighted by Gasteiger charge is -2.33. The molecule has 7 nitrogen and oxygen atoms in total. The van der Waals surface area contributed by atoms with Crippen LogP contribution in [0.1, 0.15) is 6.42 Å². The molecule has 3 aromatic heterocycles. The topological polar surface area (TPSA) is 58.8 Å². The molecule has 0 spiro atoms. The predicted octanol–water partition coefficient (Wildman–Crippen LogP) is 5.17. The van der Waals surface area contributed by atoms with Crippen LogP contribution in [-0.2, 0) is 0 Å². The second-order valence-corrected chi connectivity index (χ2v) is 10.1. The maximum Gasteiger partial charge on any atom is 0.165 e. The Hall–Kier alpha value is -4.30. The number of likely N-dealkylation sites (N-methyl/N-ethyl adjacent to an activating group) is 1. The summed E-state index contributed by atoms with van der Waals surface area (Å²) in [5, 5.41) is 5.03. The van der Waals surface area contributed by atoms with Crippen molar-refractivity contribution >= 4 is 11.3 Å². The number of nitrogens with zero attached hydrogens (tertiary/aromatic N) is 6. The number of ether oxygens (including phenoxy) is 1. The summed E-state index contributed by atoms with van der Waals surface area (Å²) < 4.78 is 21.4. The lowest BCUT2D eigenvalue weighted by molar-refractivity contribution is 0.292. The fraction of sp³-hybridized carbons (Fsp3) is 0.233. The molecule has 0 saturated carbocycles. The van der Waals surface area contributed by atoms with Crippen LogP contribution in [0.25, 0.3) is 39.3 Å². The third kappa shape index (κ3) is 3.63. The smallest absolute Gasteiger partial charge is 0.165 e. The Morgan fingerprint density at radius 2 is 1.66 bits per heavy atom. The molecule has 5 aromatic rings. The first-order valence-corrected chi connectivity index (χ1v) is 12.8. The van der Waals surface area contributed by atoms with Gasteiger partial charge in [0, 0.05) is 60.6 Å². The van der Waals surface area contributed by atoms with Gasteiger partial charge in [-0.3, -0.25) is 9.88 Å². The lowest BCUT2D eigenvalue weighted by Crippen LogP contribution is -2.44. The molecule has 8 heteroatoms. The normalized spacial score (nSPS) is 19.0. The third-order valence-electron chi connectivity index (χ3n) is 7.92. The minimum absolute atomic E-state index is 0.177. The number of likely N-dealkylation sites (tertiary alicyclic amines) is 1. The standard InChI is InChI=1S/C30H27FN6O/c1-35-17-24-16-23(35)18-36(24)22-6-3-19(4-7-22)26-11-14-33-30-28(21-5-8-25(31)27(15-21)38-2)29(34-37(26)30)20-9-12-32-13-10-20/h3-15,23-24H,16-18H2,1-2H3/t23-,24-/m0/s1. The largest absolute Gasteiger partial charge is 0.494 e. The maximum atomic E-state index is 14.3. The van der Waals surface area contributed by atoms with E-state index in [4.69, 9.17) is 14.8 Å². The molecule has 0 amide bonds. The summed E-state index contributed by atoms with van der Waals surface area (Å²) in [5.41, 5.74) is 7.16. The monoisotopic (exact) mass is 506 g/mol. The Balaban J connectivity index is 1.35. The summed E-state index contributed by atoms with van der Waals surface area (Å²) in [7, 11) is 3.69. The molecule has 2 aromatic carbocycles. The van der Waals surface area contributed by atoms with Crippen LogP contribution in [-0.4, -0.2) is 63.8 Å². The Labute approximate surface area is 220 Å². The second kappa shape index (κ2) is 8.92. The molecule has 0 radical (unpaired) electrons. The Bertz CT molecular complexity index is 1630. The molecule has 2 bridgehead atoms. The molecule has 0 N–H and O–H groups in total. The summed E-state index contributed by atoms with van der Waals surface area (Å²) in [6, 6.07) is 20.7. The fourth-order valence-corrected chi connectivity index (χ4v) is 5.96. The zero-order valence-electron chi connectivity index (χ0n) is 21.3.